The number of fused-ring (bicyclic) bond motifs is 1. The quantitative estimate of drug-likeness (QED) is 0.770. The number of carbonyl (C=O) groups excluding carboxylic acids is 2. The molecule has 0 bridgehead atoms. The van der Waals surface area contributed by atoms with Gasteiger partial charge in [0.1, 0.15) is 6.04 Å². The fourth-order valence-electron chi connectivity index (χ4n) is 5.06. The summed E-state index contributed by atoms with van der Waals surface area (Å²) in [5, 5.41) is 2.73. The number of hydrogen-bond acceptors (Lipinski definition) is 2. The van der Waals surface area contributed by atoms with E-state index < -0.39 is 18.1 Å². The van der Waals surface area contributed by atoms with E-state index in [2.05, 4.69) is 11.9 Å². The zero-order chi connectivity index (χ0) is 18.9. The molecule has 0 aromatic carbocycles. The summed E-state index contributed by atoms with van der Waals surface area (Å²) in [4.78, 5) is 26.6. The van der Waals surface area contributed by atoms with Crippen molar-refractivity contribution in [3.8, 4) is 0 Å². The lowest BCUT2D eigenvalue weighted by molar-refractivity contribution is -0.186. The van der Waals surface area contributed by atoms with E-state index in [4.69, 9.17) is 0 Å². The second-order valence-electron chi connectivity index (χ2n) is 7.91. The average molecular weight is 372 g/mol. The molecule has 0 radical (unpaired) electrons. The Kier molecular flexibility index (Phi) is 5.63. The normalized spacial score (nSPS) is 35.6. The van der Waals surface area contributed by atoms with E-state index in [-0.39, 0.29) is 36.7 Å². The first kappa shape index (κ1) is 19.2. The zero-order valence-corrected chi connectivity index (χ0v) is 14.9. The van der Waals surface area contributed by atoms with Crippen molar-refractivity contribution in [2.24, 2.45) is 11.8 Å². The summed E-state index contributed by atoms with van der Waals surface area (Å²) in [6, 6.07) is -0.615. The largest absolute Gasteiger partial charge is 0.391 e. The predicted molar refractivity (Wildman–Crippen MR) is 91.1 cm³/mol. The number of alkyl halides is 3. The Morgan fingerprint density at radius 1 is 1.12 bits per heavy atom. The van der Waals surface area contributed by atoms with Crippen LogP contribution >= 0.6 is 0 Å². The van der Waals surface area contributed by atoms with Crippen molar-refractivity contribution in [3.05, 3.63) is 12.7 Å². The van der Waals surface area contributed by atoms with E-state index in [0.29, 0.717) is 25.2 Å². The first-order valence-corrected chi connectivity index (χ1v) is 9.63. The number of halogens is 3. The molecular formula is C19H27F3N2O2. The first-order chi connectivity index (χ1) is 12.3. The minimum absolute atomic E-state index is 0.0824. The molecule has 7 heteroatoms. The third-order valence-corrected chi connectivity index (χ3v) is 6.37. The Balaban J connectivity index is 1.75. The highest BCUT2D eigenvalue weighted by atomic mass is 19.4. The average Bonchev–Trinajstić information content (AvgIpc) is 2.61. The van der Waals surface area contributed by atoms with Gasteiger partial charge in [-0.3, -0.25) is 9.59 Å². The number of likely N-dealkylation sites (tertiary alicyclic amines) is 1. The molecule has 3 rings (SSSR count). The maximum absolute atomic E-state index is 13.1. The summed E-state index contributed by atoms with van der Waals surface area (Å²) in [7, 11) is 0. The molecule has 2 amide bonds. The van der Waals surface area contributed by atoms with Crippen molar-refractivity contribution in [2.45, 2.75) is 82.1 Å². The molecule has 0 aromatic rings. The van der Waals surface area contributed by atoms with E-state index in [0.717, 1.165) is 31.8 Å². The summed E-state index contributed by atoms with van der Waals surface area (Å²) < 4.78 is 38.9. The van der Waals surface area contributed by atoms with Crippen LogP contribution in [0.5, 0.6) is 0 Å². The summed E-state index contributed by atoms with van der Waals surface area (Å²) in [6.45, 7) is 3.43. The van der Waals surface area contributed by atoms with Crippen LogP contribution in [0.2, 0.25) is 0 Å². The van der Waals surface area contributed by atoms with Gasteiger partial charge in [-0.05, 0) is 56.9 Å². The van der Waals surface area contributed by atoms with Crippen molar-refractivity contribution < 1.29 is 22.8 Å². The molecular weight excluding hydrogens is 345 g/mol. The van der Waals surface area contributed by atoms with Gasteiger partial charge in [0, 0.05) is 12.1 Å². The highest BCUT2D eigenvalue weighted by Gasteiger charge is 2.48. The summed E-state index contributed by atoms with van der Waals surface area (Å²) in [5.41, 5.74) is 0. The third kappa shape index (κ3) is 3.91. The minimum atomic E-state index is -4.15. The van der Waals surface area contributed by atoms with Gasteiger partial charge in [0.2, 0.25) is 11.8 Å². The number of piperidine rings is 1. The molecule has 0 spiro atoms. The second kappa shape index (κ2) is 7.61. The lowest BCUT2D eigenvalue weighted by Crippen LogP contribution is -2.63. The van der Waals surface area contributed by atoms with Crippen LogP contribution in [-0.4, -0.2) is 41.0 Å². The van der Waals surface area contributed by atoms with Gasteiger partial charge in [0.15, 0.2) is 0 Å². The van der Waals surface area contributed by atoms with Crippen molar-refractivity contribution in [2.75, 3.05) is 0 Å². The van der Waals surface area contributed by atoms with Gasteiger partial charge in [-0.1, -0.05) is 19.4 Å². The fraction of sp³-hybridized carbons (Fsp3) is 0.789. The van der Waals surface area contributed by atoms with Crippen LogP contribution in [0.15, 0.2) is 12.7 Å². The number of amides is 2. The number of carbonyl (C=O) groups is 2. The zero-order valence-electron chi connectivity index (χ0n) is 14.9. The highest BCUT2D eigenvalue weighted by molar-refractivity contribution is 5.93. The monoisotopic (exact) mass is 372 g/mol. The van der Waals surface area contributed by atoms with Crippen LogP contribution < -0.4 is 5.32 Å². The molecule has 3 fully saturated rings. The molecule has 26 heavy (non-hydrogen) atoms. The van der Waals surface area contributed by atoms with Crippen LogP contribution in [0.3, 0.4) is 0 Å². The van der Waals surface area contributed by atoms with Gasteiger partial charge in [-0.25, -0.2) is 0 Å². The summed E-state index contributed by atoms with van der Waals surface area (Å²) >= 11 is 0. The molecule has 0 aromatic heterocycles. The molecule has 1 aliphatic heterocycles. The molecule has 2 aliphatic carbocycles. The van der Waals surface area contributed by atoms with Gasteiger partial charge in [-0.2, -0.15) is 13.2 Å². The van der Waals surface area contributed by atoms with Crippen LogP contribution in [0.25, 0.3) is 0 Å². The van der Waals surface area contributed by atoms with E-state index in [1.807, 2.05) is 4.90 Å². The summed E-state index contributed by atoms with van der Waals surface area (Å²) in [6.07, 6.45) is 2.64. The van der Waals surface area contributed by atoms with Crippen LogP contribution in [0.4, 0.5) is 13.2 Å². The van der Waals surface area contributed by atoms with Crippen LogP contribution in [0.1, 0.15) is 57.8 Å². The lowest BCUT2D eigenvalue weighted by atomic mass is 9.74. The van der Waals surface area contributed by atoms with E-state index >= 15 is 0 Å². The molecule has 4 nitrogen and oxygen atoms in total. The first-order valence-electron chi connectivity index (χ1n) is 9.63. The molecule has 146 valence electrons. The Morgan fingerprint density at radius 3 is 2.38 bits per heavy atom. The van der Waals surface area contributed by atoms with Gasteiger partial charge in [0.25, 0.3) is 0 Å². The fourth-order valence-corrected chi connectivity index (χ4v) is 5.06. The molecule has 3 atom stereocenters. The molecule has 3 aliphatic rings. The van der Waals surface area contributed by atoms with Crippen molar-refractivity contribution in [3.63, 3.8) is 0 Å². The molecule has 3 unspecified atom stereocenters. The number of rotatable bonds is 3. The Labute approximate surface area is 152 Å². The third-order valence-electron chi connectivity index (χ3n) is 6.37. The van der Waals surface area contributed by atoms with Crippen molar-refractivity contribution in [1.29, 1.82) is 0 Å². The molecule has 1 N–H and O–H groups in total. The molecule has 1 heterocycles. The number of hydrogen-bond donors (Lipinski definition) is 1. The smallest absolute Gasteiger partial charge is 0.341 e. The molecule has 2 saturated carbocycles. The van der Waals surface area contributed by atoms with E-state index in [1.54, 1.807) is 0 Å². The van der Waals surface area contributed by atoms with Gasteiger partial charge in [0.05, 0.1) is 5.92 Å². The summed E-state index contributed by atoms with van der Waals surface area (Å²) in [5.74, 6) is -1.44. The van der Waals surface area contributed by atoms with Crippen molar-refractivity contribution >= 4 is 11.8 Å². The van der Waals surface area contributed by atoms with E-state index in [1.165, 1.54) is 0 Å². The van der Waals surface area contributed by atoms with Crippen LogP contribution in [0, 0.1) is 11.8 Å². The van der Waals surface area contributed by atoms with E-state index in [9.17, 15) is 22.8 Å². The standard InChI is InChI=1S/C19H27F3N2O2/c1-2-17(25)23-15-11-12-5-3-4-6-16(12)24(18(15)26)14-9-7-13(8-10-14)19(20,21)22/h2,12-16H,1,3-11H2,(H,23,25). The van der Waals surface area contributed by atoms with Crippen molar-refractivity contribution in [1.82, 2.24) is 10.2 Å². The number of nitrogens with zero attached hydrogens (tertiary/aromatic N) is 1. The topological polar surface area (TPSA) is 49.4 Å². The van der Waals surface area contributed by atoms with Gasteiger partial charge >= 0.3 is 6.18 Å². The molecule has 1 saturated heterocycles. The van der Waals surface area contributed by atoms with Gasteiger partial charge in [-0.15, -0.1) is 0 Å². The maximum Gasteiger partial charge on any atom is 0.391 e. The Hall–Kier alpha value is -1.53. The lowest BCUT2D eigenvalue weighted by Gasteiger charge is -2.51. The highest BCUT2D eigenvalue weighted by Crippen LogP contribution is 2.43. The number of nitrogens with one attached hydrogen (secondary N) is 1. The van der Waals surface area contributed by atoms with Gasteiger partial charge < -0.3 is 10.2 Å². The Bertz CT molecular complexity index is 555. The van der Waals surface area contributed by atoms with Crippen LogP contribution in [-0.2, 0) is 9.59 Å². The predicted octanol–water partition coefficient (Wildman–Crippen LogP) is 3.57. The minimum Gasteiger partial charge on any atom is -0.341 e. The Morgan fingerprint density at radius 2 is 1.77 bits per heavy atom. The second-order valence-corrected chi connectivity index (χ2v) is 7.91. The SMILES string of the molecule is C=CC(=O)NC1CC2CCCCC2N(C2CCC(C(F)(F)F)CC2)C1=O. The maximum atomic E-state index is 13.1.